The van der Waals surface area contributed by atoms with E-state index in [-0.39, 0.29) is 18.5 Å². The molecule has 7 heteroatoms. The highest BCUT2D eigenvalue weighted by Crippen LogP contribution is 2.29. The number of amides is 1. The Labute approximate surface area is 186 Å². The summed E-state index contributed by atoms with van der Waals surface area (Å²) in [6.07, 6.45) is 0. The molecule has 1 unspecified atom stereocenters. The Kier molecular flexibility index (Phi) is 5.89. The lowest BCUT2D eigenvalue weighted by atomic mass is 10.2. The number of hydrogen-bond acceptors (Lipinski definition) is 5. The van der Waals surface area contributed by atoms with Crippen molar-refractivity contribution in [2.75, 3.05) is 18.9 Å². The molecule has 1 atom stereocenters. The van der Waals surface area contributed by atoms with Gasteiger partial charge in [0.2, 0.25) is 5.91 Å². The molecular weight excluding hydrogens is 406 g/mol. The van der Waals surface area contributed by atoms with Crippen molar-refractivity contribution in [2.45, 2.75) is 33.7 Å². The summed E-state index contributed by atoms with van der Waals surface area (Å²) in [5.74, 6) is -0.0647. The van der Waals surface area contributed by atoms with E-state index in [2.05, 4.69) is 42.5 Å². The zero-order valence-corrected chi connectivity index (χ0v) is 19.3. The maximum atomic E-state index is 12.8. The van der Waals surface area contributed by atoms with Crippen LogP contribution in [0.25, 0.3) is 15.9 Å². The Morgan fingerprint density at radius 2 is 1.84 bits per heavy atom. The average Bonchev–Trinajstić information content (AvgIpc) is 3.30. The molecular formula is C24H27N5OS. The molecule has 0 spiro atoms. The van der Waals surface area contributed by atoms with Crippen LogP contribution in [0, 0.1) is 20.8 Å². The molecule has 2 heterocycles. The Bertz CT molecular complexity index is 1190. The minimum Gasteiger partial charge on any atom is -0.322 e. The molecule has 0 aliphatic rings. The van der Waals surface area contributed by atoms with Gasteiger partial charge in [0.1, 0.15) is 5.01 Å². The van der Waals surface area contributed by atoms with Crippen molar-refractivity contribution in [1.82, 2.24) is 19.7 Å². The number of aromatic nitrogens is 3. The van der Waals surface area contributed by atoms with Crippen LogP contribution in [0.1, 0.15) is 34.9 Å². The molecule has 0 aliphatic heterocycles. The van der Waals surface area contributed by atoms with Gasteiger partial charge in [-0.15, -0.1) is 11.3 Å². The van der Waals surface area contributed by atoms with E-state index < -0.39 is 0 Å². The van der Waals surface area contributed by atoms with Gasteiger partial charge in [-0.3, -0.25) is 9.69 Å². The molecule has 0 saturated heterocycles. The van der Waals surface area contributed by atoms with Crippen LogP contribution in [-0.4, -0.2) is 39.2 Å². The number of anilines is 1. The number of hydrogen-bond donors (Lipinski definition) is 1. The standard InChI is InChI=1S/C24H27N5OS/c1-15-10-12-19(13-11-15)29-17(3)23(16(2)27-29)26-22(30)14-28(5)18(4)24-25-20-8-6-7-9-21(20)31-24/h6-13,18H,14H2,1-5H3,(H,26,30). The van der Waals surface area contributed by atoms with Crippen LogP contribution in [0.15, 0.2) is 48.5 Å². The number of rotatable bonds is 6. The van der Waals surface area contributed by atoms with E-state index in [1.54, 1.807) is 11.3 Å². The second kappa shape index (κ2) is 8.61. The molecule has 0 bridgehead atoms. The van der Waals surface area contributed by atoms with Crippen molar-refractivity contribution < 1.29 is 4.79 Å². The van der Waals surface area contributed by atoms with Crippen LogP contribution in [0.2, 0.25) is 0 Å². The van der Waals surface area contributed by atoms with Crippen molar-refractivity contribution in [3.05, 3.63) is 70.5 Å². The Balaban J connectivity index is 1.46. The first kappa shape index (κ1) is 21.2. The van der Waals surface area contributed by atoms with Gasteiger partial charge >= 0.3 is 0 Å². The number of aryl methyl sites for hydroxylation is 2. The van der Waals surface area contributed by atoms with Gasteiger partial charge in [-0.05, 0) is 59.0 Å². The lowest BCUT2D eigenvalue weighted by Gasteiger charge is -2.22. The van der Waals surface area contributed by atoms with E-state index in [9.17, 15) is 4.79 Å². The van der Waals surface area contributed by atoms with Gasteiger partial charge in [0.05, 0.1) is 45.6 Å². The largest absolute Gasteiger partial charge is 0.322 e. The average molecular weight is 434 g/mol. The fraction of sp³-hybridized carbons (Fsp3) is 0.292. The summed E-state index contributed by atoms with van der Waals surface area (Å²) in [4.78, 5) is 19.6. The van der Waals surface area contributed by atoms with Crippen molar-refractivity contribution in [3.8, 4) is 5.69 Å². The summed E-state index contributed by atoms with van der Waals surface area (Å²) < 4.78 is 3.04. The van der Waals surface area contributed by atoms with Gasteiger partial charge in [0, 0.05) is 0 Å². The highest BCUT2D eigenvalue weighted by atomic mass is 32.1. The fourth-order valence-electron chi connectivity index (χ4n) is 3.56. The molecule has 31 heavy (non-hydrogen) atoms. The number of carbonyl (C=O) groups is 1. The maximum Gasteiger partial charge on any atom is 0.238 e. The topological polar surface area (TPSA) is 63.1 Å². The first-order valence-electron chi connectivity index (χ1n) is 10.3. The third kappa shape index (κ3) is 4.38. The van der Waals surface area contributed by atoms with Gasteiger partial charge in [0.15, 0.2) is 0 Å². The van der Waals surface area contributed by atoms with Crippen molar-refractivity contribution in [2.24, 2.45) is 0 Å². The second-order valence-electron chi connectivity index (χ2n) is 7.95. The van der Waals surface area contributed by atoms with E-state index in [4.69, 9.17) is 4.98 Å². The molecule has 160 valence electrons. The molecule has 4 aromatic rings. The fourth-order valence-corrected chi connectivity index (χ4v) is 4.65. The maximum absolute atomic E-state index is 12.8. The van der Waals surface area contributed by atoms with Gasteiger partial charge in [-0.1, -0.05) is 29.8 Å². The normalized spacial score (nSPS) is 12.5. The van der Waals surface area contributed by atoms with Gasteiger partial charge < -0.3 is 5.32 Å². The van der Waals surface area contributed by atoms with Crippen molar-refractivity contribution in [1.29, 1.82) is 0 Å². The molecule has 1 amide bonds. The summed E-state index contributed by atoms with van der Waals surface area (Å²) in [6, 6.07) is 16.3. The summed E-state index contributed by atoms with van der Waals surface area (Å²) in [5, 5.41) is 8.70. The zero-order chi connectivity index (χ0) is 22.1. The predicted molar refractivity (Wildman–Crippen MR) is 127 cm³/mol. The number of carbonyl (C=O) groups excluding carboxylic acids is 1. The molecule has 6 nitrogen and oxygen atoms in total. The van der Waals surface area contributed by atoms with Crippen molar-refractivity contribution in [3.63, 3.8) is 0 Å². The quantitative estimate of drug-likeness (QED) is 0.463. The van der Waals surface area contributed by atoms with E-state index in [1.807, 2.05) is 60.8 Å². The summed E-state index contributed by atoms with van der Waals surface area (Å²) in [6.45, 7) is 8.30. The third-order valence-electron chi connectivity index (χ3n) is 5.56. The number of fused-ring (bicyclic) bond motifs is 1. The molecule has 1 N–H and O–H groups in total. The highest BCUT2D eigenvalue weighted by Gasteiger charge is 2.20. The number of nitrogens with one attached hydrogen (secondary N) is 1. The van der Waals surface area contributed by atoms with Gasteiger partial charge in [-0.2, -0.15) is 5.10 Å². The van der Waals surface area contributed by atoms with E-state index >= 15 is 0 Å². The summed E-state index contributed by atoms with van der Waals surface area (Å²) in [7, 11) is 1.95. The second-order valence-corrected chi connectivity index (χ2v) is 9.01. The smallest absolute Gasteiger partial charge is 0.238 e. The monoisotopic (exact) mass is 433 g/mol. The van der Waals surface area contributed by atoms with Crippen LogP contribution >= 0.6 is 11.3 Å². The number of nitrogens with zero attached hydrogens (tertiary/aromatic N) is 4. The van der Waals surface area contributed by atoms with E-state index in [0.717, 1.165) is 38.0 Å². The number of likely N-dealkylation sites (N-methyl/N-ethyl adjacent to an activating group) is 1. The predicted octanol–water partition coefficient (Wildman–Crippen LogP) is 5.04. The molecule has 2 aromatic carbocycles. The van der Waals surface area contributed by atoms with Crippen LogP contribution in [0.3, 0.4) is 0 Å². The first-order valence-corrected chi connectivity index (χ1v) is 11.1. The molecule has 2 aromatic heterocycles. The van der Waals surface area contributed by atoms with E-state index in [0.29, 0.717) is 0 Å². The molecule has 0 radical (unpaired) electrons. The lowest BCUT2D eigenvalue weighted by Crippen LogP contribution is -2.32. The van der Waals surface area contributed by atoms with Crippen LogP contribution in [0.5, 0.6) is 0 Å². The van der Waals surface area contributed by atoms with Crippen LogP contribution < -0.4 is 5.32 Å². The van der Waals surface area contributed by atoms with Gasteiger partial charge in [-0.25, -0.2) is 9.67 Å². The van der Waals surface area contributed by atoms with Gasteiger partial charge in [0.25, 0.3) is 0 Å². The van der Waals surface area contributed by atoms with E-state index in [1.165, 1.54) is 5.56 Å². The molecule has 4 rings (SSSR count). The third-order valence-corrected chi connectivity index (χ3v) is 6.76. The number of thiazole rings is 1. The minimum absolute atomic E-state index is 0.0422. The van der Waals surface area contributed by atoms with Crippen LogP contribution in [0.4, 0.5) is 5.69 Å². The summed E-state index contributed by atoms with van der Waals surface area (Å²) in [5.41, 5.74) is 5.66. The minimum atomic E-state index is -0.0647. The molecule has 0 saturated carbocycles. The number of para-hydroxylation sites is 1. The van der Waals surface area contributed by atoms with Crippen LogP contribution in [-0.2, 0) is 4.79 Å². The van der Waals surface area contributed by atoms with Crippen molar-refractivity contribution >= 4 is 33.1 Å². The Hall–Kier alpha value is -3.03. The molecule has 0 fully saturated rings. The lowest BCUT2D eigenvalue weighted by molar-refractivity contribution is -0.117. The number of benzene rings is 2. The highest BCUT2D eigenvalue weighted by molar-refractivity contribution is 7.18. The summed E-state index contributed by atoms with van der Waals surface area (Å²) >= 11 is 1.67. The first-order chi connectivity index (χ1) is 14.8. The Morgan fingerprint density at radius 3 is 2.55 bits per heavy atom. The Morgan fingerprint density at radius 1 is 1.13 bits per heavy atom. The SMILES string of the molecule is Cc1ccc(-n2nc(C)c(NC(=O)CN(C)C(C)c3nc4ccccc4s3)c2C)cc1. The molecule has 0 aliphatic carbocycles. The zero-order valence-electron chi connectivity index (χ0n) is 18.5.